The molecule has 0 spiro atoms. The summed E-state index contributed by atoms with van der Waals surface area (Å²) >= 11 is 0. The van der Waals surface area contributed by atoms with Gasteiger partial charge in [-0.05, 0) is 18.1 Å². The molecule has 2 rings (SSSR count). The lowest BCUT2D eigenvalue weighted by Crippen LogP contribution is -2.02. The number of ether oxygens (including phenoxy) is 2. The van der Waals surface area contributed by atoms with Crippen molar-refractivity contribution in [2.24, 2.45) is 0 Å². The summed E-state index contributed by atoms with van der Waals surface area (Å²) in [5, 5.41) is 12.0. The molecule has 0 aliphatic rings. The Labute approximate surface area is 117 Å². The number of para-hydroxylation sites is 1. The highest BCUT2D eigenvalue weighted by Crippen LogP contribution is 2.35. The molecule has 6 nitrogen and oxygen atoms in total. The zero-order valence-electron chi connectivity index (χ0n) is 11.5. The number of aliphatic hydroxyl groups is 1. The summed E-state index contributed by atoms with van der Waals surface area (Å²) < 4.78 is 11.1. The molecule has 0 aliphatic carbocycles. The van der Waals surface area contributed by atoms with Crippen LogP contribution in [0.5, 0.6) is 17.4 Å². The molecule has 0 atom stereocenters. The van der Waals surface area contributed by atoms with Gasteiger partial charge in [-0.15, -0.1) is 0 Å². The van der Waals surface area contributed by atoms with Crippen LogP contribution in [0.15, 0.2) is 30.6 Å². The number of aliphatic hydroxyl groups excluding tert-OH is 1. The summed E-state index contributed by atoms with van der Waals surface area (Å²) in [4.78, 5) is 8.16. The van der Waals surface area contributed by atoms with E-state index < -0.39 is 0 Å². The Morgan fingerprint density at radius 3 is 2.75 bits per heavy atom. The van der Waals surface area contributed by atoms with Gasteiger partial charge in [0.25, 0.3) is 5.88 Å². The van der Waals surface area contributed by atoms with E-state index in [-0.39, 0.29) is 6.61 Å². The van der Waals surface area contributed by atoms with Gasteiger partial charge in [0.2, 0.25) is 5.75 Å². The Balaban J connectivity index is 2.35. The van der Waals surface area contributed by atoms with E-state index in [2.05, 4.69) is 15.3 Å². The standard InChI is InChI=1S/C14H17N3O3/c1-15-13-12(19-2)14(17-9-16-13)20-11-6-4-3-5-10(11)7-8-18/h3-6,9,18H,7-8H2,1-2H3,(H,15,16,17). The Kier molecular flexibility index (Phi) is 4.73. The molecule has 0 radical (unpaired) electrons. The molecule has 2 aromatic rings. The minimum absolute atomic E-state index is 0.0586. The van der Waals surface area contributed by atoms with Crippen LogP contribution in [-0.2, 0) is 6.42 Å². The first-order chi connectivity index (χ1) is 9.80. The zero-order chi connectivity index (χ0) is 14.4. The number of methoxy groups -OCH3 is 1. The van der Waals surface area contributed by atoms with Crippen molar-refractivity contribution in [1.29, 1.82) is 0 Å². The van der Waals surface area contributed by atoms with Crippen LogP contribution in [-0.4, -0.2) is 35.8 Å². The van der Waals surface area contributed by atoms with Crippen molar-refractivity contribution in [2.75, 3.05) is 26.1 Å². The van der Waals surface area contributed by atoms with Crippen LogP contribution in [0.4, 0.5) is 5.82 Å². The first-order valence-corrected chi connectivity index (χ1v) is 6.23. The third-order valence-electron chi connectivity index (χ3n) is 2.77. The van der Waals surface area contributed by atoms with Crippen LogP contribution in [0.2, 0.25) is 0 Å². The molecule has 106 valence electrons. The maximum Gasteiger partial charge on any atom is 0.268 e. The number of nitrogens with one attached hydrogen (secondary N) is 1. The molecule has 1 aromatic carbocycles. The highest BCUT2D eigenvalue weighted by molar-refractivity contribution is 5.55. The van der Waals surface area contributed by atoms with Crippen LogP contribution >= 0.6 is 0 Å². The molecule has 0 amide bonds. The monoisotopic (exact) mass is 275 g/mol. The van der Waals surface area contributed by atoms with Crippen molar-refractivity contribution < 1.29 is 14.6 Å². The zero-order valence-corrected chi connectivity index (χ0v) is 11.5. The Bertz CT molecular complexity index is 575. The van der Waals surface area contributed by atoms with E-state index in [0.717, 1.165) is 5.56 Å². The Hall–Kier alpha value is -2.34. The van der Waals surface area contributed by atoms with Crippen molar-refractivity contribution in [2.45, 2.75) is 6.42 Å². The minimum Gasteiger partial charge on any atom is -0.489 e. The average Bonchev–Trinajstić information content (AvgIpc) is 2.49. The number of nitrogens with zero attached hydrogens (tertiary/aromatic N) is 2. The van der Waals surface area contributed by atoms with Crippen LogP contribution in [0.25, 0.3) is 0 Å². The molecule has 20 heavy (non-hydrogen) atoms. The first-order valence-electron chi connectivity index (χ1n) is 6.23. The van der Waals surface area contributed by atoms with Gasteiger partial charge in [0.1, 0.15) is 12.1 Å². The fraction of sp³-hybridized carbons (Fsp3) is 0.286. The van der Waals surface area contributed by atoms with E-state index in [1.165, 1.54) is 13.4 Å². The van der Waals surface area contributed by atoms with E-state index in [1.807, 2.05) is 24.3 Å². The fourth-order valence-corrected chi connectivity index (χ4v) is 1.83. The Morgan fingerprint density at radius 2 is 2.05 bits per heavy atom. The summed E-state index contributed by atoms with van der Waals surface area (Å²) in [5.74, 6) is 1.96. The topological polar surface area (TPSA) is 76.5 Å². The Morgan fingerprint density at radius 1 is 1.25 bits per heavy atom. The van der Waals surface area contributed by atoms with Gasteiger partial charge in [0, 0.05) is 13.7 Å². The average molecular weight is 275 g/mol. The molecule has 6 heteroatoms. The molecule has 0 fully saturated rings. The summed E-state index contributed by atoms with van der Waals surface area (Å²) in [7, 11) is 3.28. The van der Waals surface area contributed by atoms with Crippen LogP contribution in [0.3, 0.4) is 0 Å². The number of anilines is 1. The van der Waals surface area contributed by atoms with E-state index in [9.17, 15) is 0 Å². The minimum atomic E-state index is 0.0586. The number of hydrogen-bond donors (Lipinski definition) is 2. The molecule has 0 saturated heterocycles. The van der Waals surface area contributed by atoms with Gasteiger partial charge in [-0.25, -0.2) is 4.98 Å². The van der Waals surface area contributed by atoms with Gasteiger partial charge in [-0.2, -0.15) is 4.98 Å². The van der Waals surface area contributed by atoms with Crippen molar-refractivity contribution in [3.05, 3.63) is 36.2 Å². The third-order valence-corrected chi connectivity index (χ3v) is 2.77. The lowest BCUT2D eigenvalue weighted by atomic mass is 10.1. The SMILES string of the molecule is CNc1ncnc(Oc2ccccc2CCO)c1OC. The summed E-state index contributed by atoms with van der Waals surface area (Å²) in [6.07, 6.45) is 1.92. The predicted molar refractivity (Wildman–Crippen MR) is 75.4 cm³/mol. The normalized spacial score (nSPS) is 10.2. The van der Waals surface area contributed by atoms with Crippen molar-refractivity contribution >= 4 is 5.82 Å². The number of aromatic nitrogens is 2. The van der Waals surface area contributed by atoms with Crippen LogP contribution in [0.1, 0.15) is 5.56 Å². The van der Waals surface area contributed by atoms with Gasteiger partial charge in [0.15, 0.2) is 5.82 Å². The van der Waals surface area contributed by atoms with E-state index in [0.29, 0.717) is 29.6 Å². The molecule has 0 unspecified atom stereocenters. The fourth-order valence-electron chi connectivity index (χ4n) is 1.83. The van der Waals surface area contributed by atoms with Gasteiger partial charge in [0.05, 0.1) is 7.11 Å². The van der Waals surface area contributed by atoms with Crippen molar-refractivity contribution in [3.63, 3.8) is 0 Å². The van der Waals surface area contributed by atoms with E-state index >= 15 is 0 Å². The second-order valence-corrected chi connectivity index (χ2v) is 3.99. The number of benzene rings is 1. The predicted octanol–water partition coefficient (Wildman–Crippen LogP) is 1.85. The molecule has 0 aliphatic heterocycles. The van der Waals surface area contributed by atoms with Crippen molar-refractivity contribution in [3.8, 4) is 17.4 Å². The van der Waals surface area contributed by atoms with Gasteiger partial charge in [-0.1, -0.05) is 18.2 Å². The quantitative estimate of drug-likeness (QED) is 0.838. The molecule has 1 aromatic heterocycles. The molecule has 2 N–H and O–H groups in total. The lowest BCUT2D eigenvalue weighted by Gasteiger charge is -2.13. The highest BCUT2D eigenvalue weighted by Gasteiger charge is 2.14. The second kappa shape index (κ2) is 6.72. The van der Waals surface area contributed by atoms with Gasteiger partial charge >= 0.3 is 0 Å². The van der Waals surface area contributed by atoms with Crippen LogP contribution in [0, 0.1) is 0 Å². The number of rotatable bonds is 6. The molecular formula is C14H17N3O3. The molecule has 0 bridgehead atoms. The van der Waals surface area contributed by atoms with Gasteiger partial charge < -0.3 is 19.9 Å². The maximum atomic E-state index is 9.08. The molecule has 1 heterocycles. The van der Waals surface area contributed by atoms with Gasteiger partial charge in [-0.3, -0.25) is 0 Å². The largest absolute Gasteiger partial charge is 0.489 e. The lowest BCUT2D eigenvalue weighted by molar-refractivity contribution is 0.297. The van der Waals surface area contributed by atoms with E-state index in [1.54, 1.807) is 7.05 Å². The third kappa shape index (κ3) is 2.97. The maximum absolute atomic E-state index is 9.08. The van der Waals surface area contributed by atoms with Crippen LogP contribution < -0.4 is 14.8 Å². The summed E-state index contributed by atoms with van der Waals surface area (Å²) in [6, 6.07) is 7.49. The van der Waals surface area contributed by atoms with E-state index in [4.69, 9.17) is 14.6 Å². The summed E-state index contributed by atoms with van der Waals surface area (Å²) in [6.45, 7) is 0.0586. The molecule has 0 saturated carbocycles. The molecular weight excluding hydrogens is 258 g/mol. The highest BCUT2D eigenvalue weighted by atomic mass is 16.5. The smallest absolute Gasteiger partial charge is 0.268 e. The summed E-state index contributed by atoms with van der Waals surface area (Å²) in [5.41, 5.74) is 0.904. The first kappa shape index (κ1) is 14.1. The van der Waals surface area contributed by atoms with Crippen molar-refractivity contribution in [1.82, 2.24) is 9.97 Å². The second-order valence-electron chi connectivity index (χ2n) is 3.99. The number of hydrogen-bond acceptors (Lipinski definition) is 6.